The number of esters is 2. The SMILES string of the molecule is C=C(CC)C(=O)OC(=O)CCCCCCCCCCC. The van der Waals surface area contributed by atoms with E-state index in [0.717, 1.165) is 19.3 Å². The van der Waals surface area contributed by atoms with Crippen LogP contribution in [0.4, 0.5) is 0 Å². The number of hydrogen-bond donors (Lipinski definition) is 0. The Hall–Kier alpha value is -1.12. The Labute approximate surface area is 123 Å². The molecule has 3 nitrogen and oxygen atoms in total. The lowest BCUT2D eigenvalue weighted by Crippen LogP contribution is -2.13. The maximum absolute atomic E-state index is 11.4. The van der Waals surface area contributed by atoms with Gasteiger partial charge in [0.05, 0.1) is 0 Å². The third kappa shape index (κ3) is 10.8. The maximum atomic E-state index is 11.4. The lowest BCUT2D eigenvalue weighted by atomic mass is 10.1. The summed E-state index contributed by atoms with van der Waals surface area (Å²) in [5.74, 6) is -0.999. The van der Waals surface area contributed by atoms with E-state index in [0.29, 0.717) is 18.4 Å². The largest absolute Gasteiger partial charge is 0.390 e. The third-order valence-electron chi connectivity index (χ3n) is 3.41. The van der Waals surface area contributed by atoms with Crippen molar-refractivity contribution in [2.45, 2.75) is 84.5 Å². The summed E-state index contributed by atoms with van der Waals surface area (Å²) in [7, 11) is 0. The Morgan fingerprint density at radius 2 is 1.35 bits per heavy atom. The van der Waals surface area contributed by atoms with E-state index in [-0.39, 0.29) is 0 Å². The van der Waals surface area contributed by atoms with Crippen LogP contribution in [0.3, 0.4) is 0 Å². The maximum Gasteiger partial charge on any atom is 0.341 e. The molecule has 0 aliphatic heterocycles. The highest BCUT2D eigenvalue weighted by Crippen LogP contribution is 2.11. The molecule has 0 heterocycles. The minimum absolute atomic E-state index is 0.332. The van der Waals surface area contributed by atoms with Gasteiger partial charge >= 0.3 is 11.9 Å². The molecule has 20 heavy (non-hydrogen) atoms. The van der Waals surface area contributed by atoms with Gasteiger partial charge in [0.25, 0.3) is 0 Å². The van der Waals surface area contributed by atoms with E-state index in [1.54, 1.807) is 0 Å². The number of carbonyl (C=O) groups is 2. The van der Waals surface area contributed by atoms with Crippen LogP contribution >= 0.6 is 0 Å². The molecule has 116 valence electrons. The van der Waals surface area contributed by atoms with Crippen molar-refractivity contribution < 1.29 is 14.3 Å². The molecule has 0 aromatic rings. The molecule has 0 aliphatic rings. The summed E-state index contributed by atoms with van der Waals surface area (Å²) < 4.78 is 4.70. The minimum atomic E-state index is -0.576. The zero-order valence-electron chi connectivity index (χ0n) is 13.2. The van der Waals surface area contributed by atoms with Gasteiger partial charge in [0, 0.05) is 12.0 Å². The Bertz CT molecular complexity index is 295. The van der Waals surface area contributed by atoms with Gasteiger partial charge in [-0.1, -0.05) is 71.8 Å². The van der Waals surface area contributed by atoms with E-state index in [9.17, 15) is 9.59 Å². The van der Waals surface area contributed by atoms with Crippen molar-refractivity contribution in [3.05, 3.63) is 12.2 Å². The predicted octanol–water partition coefficient (Wildman–Crippen LogP) is 4.94. The molecule has 3 heteroatoms. The van der Waals surface area contributed by atoms with Crippen molar-refractivity contribution in [2.75, 3.05) is 0 Å². The second-order valence-electron chi connectivity index (χ2n) is 5.30. The molecule has 0 N–H and O–H groups in total. The second-order valence-corrected chi connectivity index (χ2v) is 5.30. The first-order valence-corrected chi connectivity index (χ1v) is 8.04. The molecule has 0 aromatic heterocycles. The lowest BCUT2D eigenvalue weighted by Gasteiger charge is -2.04. The molecule has 0 saturated heterocycles. The fourth-order valence-corrected chi connectivity index (χ4v) is 1.95. The highest BCUT2D eigenvalue weighted by atomic mass is 16.6. The van der Waals surface area contributed by atoms with Gasteiger partial charge < -0.3 is 4.74 Å². The molecular weight excluding hydrogens is 252 g/mol. The Balaban J connectivity index is 3.40. The monoisotopic (exact) mass is 282 g/mol. The Morgan fingerprint density at radius 1 is 0.850 bits per heavy atom. The summed E-state index contributed by atoms with van der Waals surface area (Å²) in [6.45, 7) is 7.59. The summed E-state index contributed by atoms with van der Waals surface area (Å²) in [4.78, 5) is 22.7. The average Bonchev–Trinajstić information content (AvgIpc) is 2.44. The van der Waals surface area contributed by atoms with E-state index in [1.165, 1.54) is 38.5 Å². The third-order valence-corrected chi connectivity index (χ3v) is 3.41. The summed E-state index contributed by atoms with van der Waals surface area (Å²) in [6, 6.07) is 0. The van der Waals surface area contributed by atoms with Gasteiger partial charge in [-0.3, -0.25) is 4.79 Å². The number of unbranched alkanes of at least 4 members (excludes halogenated alkanes) is 8. The molecule has 0 radical (unpaired) electrons. The first-order chi connectivity index (χ1) is 9.61. The zero-order valence-corrected chi connectivity index (χ0v) is 13.2. The van der Waals surface area contributed by atoms with Gasteiger partial charge in [-0.25, -0.2) is 4.79 Å². The summed E-state index contributed by atoms with van der Waals surface area (Å²) in [6.07, 6.45) is 11.7. The van der Waals surface area contributed by atoms with Crippen LogP contribution in [-0.4, -0.2) is 11.9 Å². The first-order valence-electron chi connectivity index (χ1n) is 8.04. The highest BCUT2D eigenvalue weighted by molar-refractivity contribution is 5.95. The van der Waals surface area contributed by atoms with Gasteiger partial charge in [-0.05, 0) is 12.8 Å². The van der Waals surface area contributed by atoms with Crippen LogP contribution < -0.4 is 0 Å². The molecule has 0 bridgehead atoms. The fraction of sp³-hybridized carbons (Fsp3) is 0.765. The van der Waals surface area contributed by atoms with E-state index in [4.69, 9.17) is 4.74 Å². The lowest BCUT2D eigenvalue weighted by molar-refractivity contribution is -0.157. The van der Waals surface area contributed by atoms with Crippen molar-refractivity contribution in [3.63, 3.8) is 0 Å². The van der Waals surface area contributed by atoms with E-state index < -0.39 is 11.9 Å². The van der Waals surface area contributed by atoms with Crippen LogP contribution in [-0.2, 0) is 14.3 Å². The van der Waals surface area contributed by atoms with E-state index in [2.05, 4.69) is 13.5 Å². The van der Waals surface area contributed by atoms with Gasteiger partial charge in [-0.2, -0.15) is 0 Å². The van der Waals surface area contributed by atoms with Crippen LogP contribution in [0.15, 0.2) is 12.2 Å². The number of carbonyl (C=O) groups excluding carboxylic acids is 2. The Morgan fingerprint density at radius 3 is 1.85 bits per heavy atom. The van der Waals surface area contributed by atoms with Gasteiger partial charge in [-0.15, -0.1) is 0 Å². The number of hydrogen-bond acceptors (Lipinski definition) is 3. The smallest absolute Gasteiger partial charge is 0.341 e. The van der Waals surface area contributed by atoms with Crippen LogP contribution in [0.2, 0.25) is 0 Å². The number of ether oxygens (including phenoxy) is 1. The minimum Gasteiger partial charge on any atom is -0.390 e. The van der Waals surface area contributed by atoms with Gasteiger partial charge in [0.15, 0.2) is 0 Å². The zero-order chi connectivity index (χ0) is 15.2. The molecule has 0 aromatic carbocycles. The molecular formula is C17H30O3. The van der Waals surface area contributed by atoms with Crippen LogP contribution in [0.1, 0.15) is 84.5 Å². The fourth-order valence-electron chi connectivity index (χ4n) is 1.95. The molecule has 0 saturated carbocycles. The van der Waals surface area contributed by atoms with Crippen LogP contribution in [0, 0.1) is 0 Å². The molecule has 0 amide bonds. The highest BCUT2D eigenvalue weighted by Gasteiger charge is 2.11. The van der Waals surface area contributed by atoms with Crippen molar-refractivity contribution >= 4 is 11.9 Å². The normalized spacial score (nSPS) is 10.3. The quantitative estimate of drug-likeness (QED) is 0.220. The molecule has 0 rings (SSSR count). The van der Waals surface area contributed by atoms with Crippen molar-refractivity contribution in [3.8, 4) is 0 Å². The Kier molecular flexibility index (Phi) is 12.2. The molecule has 0 unspecified atom stereocenters. The molecule has 0 aliphatic carbocycles. The second kappa shape index (κ2) is 12.9. The molecule has 0 fully saturated rings. The van der Waals surface area contributed by atoms with Crippen molar-refractivity contribution in [2.24, 2.45) is 0 Å². The van der Waals surface area contributed by atoms with Gasteiger partial charge in [0.2, 0.25) is 0 Å². The van der Waals surface area contributed by atoms with Crippen LogP contribution in [0.25, 0.3) is 0 Å². The topological polar surface area (TPSA) is 43.4 Å². The predicted molar refractivity (Wildman–Crippen MR) is 82.4 cm³/mol. The van der Waals surface area contributed by atoms with Crippen molar-refractivity contribution in [1.29, 1.82) is 0 Å². The average molecular weight is 282 g/mol. The first kappa shape index (κ1) is 18.9. The molecule has 0 spiro atoms. The summed E-state index contributed by atoms with van der Waals surface area (Å²) >= 11 is 0. The van der Waals surface area contributed by atoms with Gasteiger partial charge in [0.1, 0.15) is 0 Å². The van der Waals surface area contributed by atoms with E-state index >= 15 is 0 Å². The summed E-state index contributed by atoms with van der Waals surface area (Å²) in [5.41, 5.74) is 0.352. The van der Waals surface area contributed by atoms with Crippen LogP contribution in [0.5, 0.6) is 0 Å². The standard InChI is InChI=1S/C17H30O3/c1-4-6-7-8-9-10-11-12-13-14-16(18)20-17(19)15(3)5-2/h3-14H2,1-2H3. The van der Waals surface area contributed by atoms with Crippen molar-refractivity contribution in [1.82, 2.24) is 0 Å². The summed E-state index contributed by atoms with van der Waals surface area (Å²) in [5, 5.41) is 0. The molecule has 0 atom stereocenters. The number of rotatable bonds is 12. The van der Waals surface area contributed by atoms with E-state index in [1.807, 2.05) is 6.92 Å².